The molecule has 3 aliphatic rings. The molecule has 3 fully saturated rings. The normalized spacial score (nSPS) is 32.9. The van der Waals surface area contributed by atoms with Crippen LogP contribution in [0.25, 0.3) is 0 Å². The lowest BCUT2D eigenvalue weighted by molar-refractivity contribution is -0.153. The zero-order chi connectivity index (χ0) is 12.5. The second-order valence-electron chi connectivity index (χ2n) is 5.03. The van der Waals surface area contributed by atoms with E-state index in [1.807, 2.05) is 23.5 Å². The lowest BCUT2D eigenvalue weighted by atomic mass is 10.1. The summed E-state index contributed by atoms with van der Waals surface area (Å²) >= 11 is 3.90. The van der Waals surface area contributed by atoms with Crippen molar-refractivity contribution in [3.63, 3.8) is 0 Å². The smallest absolute Gasteiger partial charge is 0.245 e. The Labute approximate surface area is 116 Å². The standard InChI is InChI=1S/C12H18N2O2S2/c15-11-7-13(6-9-8-17-4-5-18-9)12(16)10-2-1-3-14(10)11/h9-10H,1-8H2. The van der Waals surface area contributed by atoms with Gasteiger partial charge in [0.15, 0.2) is 0 Å². The van der Waals surface area contributed by atoms with E-state index >= 15 is 0 Å². The molecule has 3 rings (SSSR count). The molecule has 0 spiro atoms. The van der Waals surface area contributed by atoms with Crippen LogP contribution in [0.4, 0.5) is 0 Å². The topological polar surface area (TPSA) is 40.6 Å². The molecule has 2 unspecified atom stereocenters. The first-order valence-corrected chi connectivity index (χ1v) is 8.73. The molecule has 0 bridgehead atoms. The highest BCUT2D eigenvalue weighted by atomic mass is 32.2. The highest BCUT2D eigenvalue weighted by Gasteiger charge is 2.42. The Kier molecular flexibility index (Phi) is 3.75. The van der Waals surface area contributed by atoms with Gasteiger partial charge in [-0.05, 0) is 12.8 Å². The van der Waals surface area contributed by atoms with Crippen molar-refractivity contribution in [2.75, 3.05) is 36.9 Å². The summed E-state index contributed by atoms with van der Waals surface area (Å²) in [7, 11) is 0. The van der Waals surface area contributed by atoms with Gasteiger partial charge in [0.25, 0.3) is 0 Å². The van der Waals surface area contributed by atoms with Gasteiger partial charge in [-0.15, -0.1) is 0 Å². The van der Waals surface area contributed by atoms with Gasteiger partial charge in [-0.1, -0.05) is 0 Å². The van der Waals surface area contributed by atoms with Gasteiger partial charge in [0.2, 0.25) is 11.8 Å². The first kappa shape index (κ1) is 12.7. The summed E-state index contributed by atoms with van der Waals surface area (Å²) in [6.07, 6.45) is 1.83. The summed E-state index contributed by atoms with van der Waals surface area (Å²) in [4.78, 5) is 27.9. The van der Waals surface area contributed by atoms with Gasteiger partial charge in [-0.2, -0.15) is 23.5 Å². The predicted molar refractivity (Wildman–Crippen MR) is 74.9 cm³/mol. The summed E-state index contributed by atoms with van der Waals surface area (Å²) in [6, 6.07) is -0.146. The van der Waals surface area contributed by atoms with Gasteiger partial charge in [-0.3, -0.25) is 9.59 Å². The van der Waals surface area contributed by atoms with Gasteiger partial charge in [0, 0.05) is 35.6 Å². The van der Waals surface area contributed by atoms with E-state index < -0.39 is 0 Å². The van der Waals surface area contributed by atoms with Crippen molar-refractivity contribution in [3.05, 3.63) is 0 Å². The number of amides is 2. The molecule has 0 N–H and O–H groups in total. The van der Waals surface area contributed by atoms with E-state index in [2.05, 4.69) is 0 Å². The molecule has 0 aromatic rings. The Morgan fingerprint density at radius 1 is 1.28 bits per heavy atom. The third-order valence-corrected chi connectivity index (χ3v) is 6.63. The van der Waals surface area contributed by atoms with Crippen molar-refractivity contribution in [2.45, 2.75) is 24.1 Å². The fraction of sp³-hybridized carbons (Fsp3) is 0.833. The van der Waals surface area contributed by atoms with Crippen molar-refractivity contribution in [1.82, 2.24) is 9.80 Å². The van der Waals surface area contributed by atoms with Gasteiger partial charge >= 0.3 is 0 Å². The van der Waals surface area contributed by atoms with Crippen LogP contribution in [0.1, 0.15) is 12.8 Å². The van der Waals surface area contributed by atoms with Crippen LogP contribution < -0.4 is 0 Å². The molecule has 2 amide bonds. The number of hydrogen-bond acceptors (Lipinski definition) is 4. The van der Waals surface area contributed by atoms with Crippen LogP contribution in [0.15, 0.2) is 0 Å². The van der Waals surface area contributed by atoms with Gasteiger partial charge in [0.1, 0.15) is 6.04 Å². The van der Waals surface area contributed by atoms with E-state index in [0.29, 0.717) is 11.8 Å². The largest absolute Gasteiger partial charge is 0.330 e. The summed E-state index contributed by atoms with van der Waals surface area (Å²) in [6.45, 7) is 1.83. The number of rotatable bonds is 2. The molecule has 0 aliphatic carbocycles. The summed E-state index contributed by atoms with van der Waals surface area (Å²) in [5, 5.41) is 0.508. The first-order valence-electron chi connectivity index (χ1n) is 6.53. The third-order valence-electron chi connectivity index (χ3n) is 3.80. The Hall–Kier alpha value is -0.360. The quantitative estimate of drug-likeness (QED) is 0.748. The summed E-state index contributed by atoms with van der Waals surface area (Å²) in [5.74, 6) is 3.82. The molecule has 4 nitrogen and oxygen atoms in total. The van der Waals surface area contributed by atoms with Crippen LogP contribution in [0.3, 0.4) is 0 Å². The molecule has 100 valence electrons. The maximum atomic E-state index is 12.3. The van der Waals surface area contributed by atoms with Crippen LogP contribution in [-0.2, 0) is 9.59 Å². The Morgan fingerprint density at radius 2 is 2.17 bits per heavy atom. The molecule has 0 saturated carbocycles. The van der Waals surface area contributed by atoms with Crippen molar-refractivity contribution < 1.29 is 9.59 Å². The van der Waals surface area contributed by atoms with E-state index in [0.717, 1.165) is 31.7 Å². The fourth-order valence-electron chi connectivity index (χ4n) is 2.91. The first-order chi connectivity index (χ1) is 8.75. The highest BCUT2D eigenvalue weighted by molar-refractivity contribution is 8.06. The number of fused-ring (bicyclic) bond motifs is 1. The summed E-state index contributed by atoms with van der Waals surface area (Å²) < 4.78 is 0. The SMILES string of the molecule is O=C1C2CCCN2C(=O)CN1CC1CSCCS1. The monoisotopic (exact) mass is 286 g/mol. The van der Waals surface area contributed by atoms with Gasteiger partial charge < -0.3 is 9.80 Å². The maximum Gasteiger partial charge on any atom is 0.245 e. The number of nitrogens with zero attached hydrogens (tertiary/aromatic N) is 2. The molecule has 3 saturated heterocycles. The van der Waals surface area contributed by atoms with E-state index in [9.17, 15) is 9.59 Å². The molecule has 6 heteroatoms. The van der Waals surface area contributed by atoms with Crippen molar-refractivity contribution in [2.24, 2.45) is 0 Å². The summed E-state index contributed by atoms with van der Waals surface area (Å²) in [5.41, 5.74) is 0. The number of carbonyl (C=O) groups is 2. The van der Waals surface area contributed by atoms with Gasteiger partial charge in [0.05, 0.1) is 6.54 Å². The highest BCUT2D eigenvalue weighted by Crippen LogP contribution is 2.28. The van der Waals surface area contributed by atoms with Crippen LogP contribution in [0.5, 0.6) is 0 Å². The molecule has 0 aromatic heterocycles. The van der Waals surface area contributed by atoms with E-state index in [1.54, 1.807) is 9.80 Å². The lowest BCUT2D eigenvalue weighted by Gasteiger charge is -2.38. The molecule has 3 aliphatic heterocycles. The average molecular weight is 286 g/mol. The van der Waals surface area contributed by atoms with Crippen molar-refractivity contribution in [1.29, 1.82) is 0 Å². The Morgan fingerprint density at radius 3 is 2.94 bits per heavy atom. The lowest BCUT2D eigenvalue weighted by Crippen LogP contribution is -2.58. The predicted octanol–water partition coefficient (Wildman–Crippen LogP) is 0.668. The van der Waals surface area contributed by atoms with Crippen LogP contribution in [0, 0.1) is 0 Å². The molecule has 3 heterocycles. The van der Waals surface area contributed by atoms with Crippen molar-refractivity contribution in [3.8, 4) is 0 Å². The Bertz CT molecular complexity index is 358. The zero-order valence-electron chi connectivity index (χ0n) is 10.3. The average Bonchev–Trinajstić information content (AvgIpc) is 2.87. The van der Waals surface area contributed by atoms with Crippen molar-refractivity contribution >= 4 is 35.3 Å². The molecule has 0 radical (unpaired) electrons. The molecular formula is C12H18N2O2S2. The second kappa shape index (κ2) is 5.33. The fourth-order valence-corrected chi connectivity index (χ4v) is 5.59. The number of hydrogen-bond donors (Lipinski definition) is 0. The van der Waals surface area contributed by atoms with E-state index in [4.69, 9.17) is 0 Å². The zero-order valence-corrected chi connectivity index (χ0v) is 12.0. The number of carbonyl (C=O) groups excluding carboxylic acids is 2. The molecular weight excluding hydrogens is 268 g/mol. The minimum atomic E-state index is -0.146. The molecule has 2 atom stereocenters. The van der Waals surface area contributed by atoms with Crippen LogP contribution >= 0.6 is 23.5 Å². The Balaban J connectivity index is 1.65. The minimum Gasteiger partial charge on any atom is -0.330 e. The van der Waals surface area contributed by atoms with Gasteiger partial charge in [-0.25, -0.2) is 0 Å². The van der Waals surface area contributed by atoms with E-state index in [1.165, 1.54) is 11.5 Å². The number of thioether (sulfide) groups is 2. The van der Waals surface area contributed by atoms with E-state index in [-0.39, 0.29) is 17.9 Å². The van der Waals surface area contributed by atoms with Crippen LogP contribution in [-0.4, -0.2) is 69.8 Å². The molecule has 18 heavy (non-hydrogen) atoms. The maximum absolute atomic E-state index is 12.3. The number of piperazine rings is 1. The third kappa shape index (κ3) is 2.37. The van der Waals surface area contributed by atoms with Crippen LogP contribution in [0.2, 0.25) is 0 Å². The second-order valence-corrected chi connectivity index (χ2v) is 7.59. The molecule has 0 aromatic carbocycles. The minimum absolute atomic E-state index is 0.144.